The zero-order chi connectivity index (χ0) is 23.4. The van der Waals surface area contributed by atoms with E-state index in [-0.39, 0.29) is 5.91 Å². The van der Waals surface area contributed by atoms with Gasteiger partial charge in [-0.15, -0.1) is 0 Å². The van der Waals surface area contributed by atoms with Crippen molar-refractivity contribution in [3.63, 3.8) is 0 Å². The lowest BCUT2D eigenvalue weighted by molar-refractivity contribution is -0.111. The molecule has 1 aromatic heterocycles. The molecule has 0 bridgehead atoms. The van der Waals surface area contributed by atoms with Gasteiger partial charge in [-0.2, -0.15) is 0 Å². The fraction of sp³-hybridized carbons (Fsp3) is 0.185. The van der Waals surface area contributed by atoms with Crippen molar-refractivity contribution in [2.45, 2.75) is 26.2 Å². The SMILES string of the molecule is CCC(C)c1ccc2oc(-c3ccc(NC(=O)/C=C/c4cc(Br)ccc4OC)cc3)nc2c1. The number of halogens is 1. The number of hydrogen-bond acceptors (Lipinski definition) is 4. The van der Waals surface area contributed by atoms with Crippen molar-refractivity contribution in [3.05, 3.63) is 82.3 Å². The zero-order valence-electron chi connectivity index (χ0n) is 18.8. The number of ether oxygens (including phenoxy) is 1. The third-order valence-electron chi connectivity index (χ3n) is 5.60. The maximum atomic E-state index is 12.4. The molecular weight excluding hydrogens is 480 g/mol. The van der Waals surface area contributed by atoms with Crippen LogP contribution in [0.1, 0.15) is 37.3 Å². The Labute approximate surface area is 201 Å². The summed E-state index contributed by atoms with van der Waals surface area (Å²) < 4.78 is 12.2. The normalized spacial score (nSPS) is 12.2. The maximum absolute atomic E-state index is 12.4. The predicted molar refractivity (Wildman–Crippen MR) is 137 cm³/mol. The summed E-state index contributed by atoms with van der Waals surface area (Å²) in [5.74, 6) is 1.51. The lowest BCUT2D eigenvalue weighted by atomic mass is 9.98. The Morgan fingerprint density at radius 3 is 2.67 bits per heavy atom. The van der Waals surface area contributed by atoms with Crippen molar-refractivity contribution in [3.8, 4) is 17.2 Å². The minimum absolute atomic E-state index is 0.232. The predicted octanol–water partition coefficient (Wildman–Crippen LogP) is 7.43. The molecule has 3 aromatic carbocycles. The molecule has 4 rings (SSSR count). The highest BCUT2D eigenvalue weighted by Crippen LogP contribution is 2.29. The number of rotatable bonds is 7. The van der Waals surface area contributed by atoms with Crippen molar-refractivity contribution < 1.29 is 13.9 Å². The van der Waals surface area contributed by atoms with Crippen LogP contribution in [0.5, 0.6) is 5.75 Å². The average molecular weight is 505 g/mol. The molecule has 0 saturated carbocycles. The van der Waals surface area contributed by atoms with Crippen LogP contribution in [0.3, 0.4) is 0 Å². The van der Waals surface area contributed by atoms with E-state index in [9.17, 15) is 4.79 Å². The van der Waals surface area contributed by atoms with Crippen LogP contribution in [0, 0.1) is 0 Å². The largest absolute Gasteiger partial charge is 0.496 e. The number of carbonyl (C=O) groups excluding carboxylic acids is 1. The van der Waals surface area contributed by atoms with Crippen LogP contribution in [0.4, 0.5) is 5.69 Å². The van der Waals surface area contributed by atoms with Crippen LogP contribution < -0.4 is 10.1 Å². The van der Waals surface area contributed by atoms with Gasteiger partial charge in [0, 0.05) is 27.4 Å². The highest BCUT2D eigenvalue weighted by atomic mass is 79.9. The Morgan fingerprint density at radius 1 is 1.15 bits per heavy atom. The van der Waals surface area contributed by atoms with Gasteiger partial charge in [0.2, 0.25) is 11.8 Å². The Hall–Kier alpha value is -3.38. The van der Waals surface area contributed by atoms with E-state index in [0.717, 1.165) is 33.1 Å². The van der Waals surface area contributed by atoms with E-state index in [1.165, 1.54) is 11.6 Å². The van der Waals surface area contributed by atoms with Gasteiger partial charge in [-0.1, -0.05) is 35.8 Å². The van der Waals surface area contributed by atoms with Crippen molar-refractivity contribution in [2.75, 3.05) is 12.4 Å². The Balaban J connectivity index is 1.46. The minimum atomic E-state index is -0.232. The van der Waals surface area contributed by atoms with Crippen LogP contribution in [0.2, 0.25) is 0 Å². The lowest BCUT2D eigenvalue weighted by Crippen LogP contribution is -2.07. The Bertz CT molecular complexity index is 1310. The Morgan fingerprint density at radius 2 is 1.94 bits per heavy atom. The first kappa shape index (κ1) is 22.8. The van der Waals surface area contributed by atoms with Gasteiger partial charge in [0.25, 0.3) is 0 Å². The highest BCUT2D eigenvalue weighted by Gasteiger charge is 2.11. The Kier molecular flexibility index (Phi) is 6.94. The molecule has 0 aliphatic heterocycles. The molecule has 0 spiro atoms. The number of methoxy groups -OCH3 is 1. The van der Waals surface area contributed by atoms with Gasteiger partial charge in [0.05, 0.1) is 7.11 Å². The number of anilines is 1. The number of hydrogen-bond donors (Lipinski definition) is 1. The number of nitrogens with zero attached hydrogens (tertiary/aromatic N) is 1. The van der Waals surface area contributed by atoms with Crippen LogP contribution >= 0.6 is 15.9 Å². The fourth-order valence-electron chi connectivity index (χ4n) is 3.49. The average Bonchev–Trinajstić information content (AvgIpc) is 3.26. The van der Waals surface area contributed by atoms with E-state index in [1.807, 2.05) is 48.5 Å². The monoisotopic (exact) mass is 504 g/mol. The summed E-state index contributed by atoms with van der Waals surface area (Å²) >= 11 is 3.43. The fourth-order valence-corrected chi connectivity index (χ4v) is 3.87. The molecule has 4 aromatic rings. The van der Waals surface area contributed by atoms with Crippen molar-refractivity contribution >= 4 is 44.7 Å². The minimum Gasteiger partial charge on any atom is -0.496 e. The summed E-state index contributed by atoms with van der Waals surface area (Å²) in [5, 5.41) is 2.87. The van der Waals surface area contributed by atoms with Crippen molar-refractivity contribution in [1.82, 2.24) is 4.98 Å². The van der Waals surface area contributed by atoms with Gasteiger partial charge in [-0.3, -0.25) is 4.79 Å². The summed E-state index contributed by atoms with van der Waals surface area (Å²) in [5.41, 5.74) is 5.23. The molecule has 6 heteroatoms. The van der Waals surface area contributed by atoms with E-state index in [2.05, 4.69) is 52.2 Å². The molecule has 33 heavy (non-hydrogen) atoms. The van der Waals surface area contributed by atoms with E-state index in [1.54, 1.807) is 13.2 Å². The van der Waals surface area contributed by atoms with Crippen LogP contribution in [-0.4, -0.2) is 18.0 Å². The van der Waals surface area contributed by atoms with Crippen molar-refractivity contribution in [2.24, 2.45) is 0 Å². The molecule has 0 saturated heterocycles. The van der Waals surface area contributed by atoms with Gasteiger partial charge >= 0.3 is 0 Å². The third kappa shape index (κ3) is 5.34. The number of oxazole rings is 1. The molecule has 0 fully saturated rings. The molecule has 168 valence electrons. The molecular formula is C27H25BrN2O3. The first-order valence-electron chi connectivity index (χ1n) is 10.8. The number of fused-ring (bicyclic) bond motifs is 1. The number of aromatic nitrogens is 1. The molecule has 1 atom stereocenters. The van der Waals surface area contributed by atoms with Crippen molar-refractivity contribution in [1.29, 1.82) is 0 Å². The molecule has 0 radical (unpaired) electrons. The number of benzene rings is 3. The second-order valence-electron chi connectivity index (χ2n) is 7.84. The van der Waals surface area contributed by atoms with Gasteiger partial charge in [0.1, 0.15) is 11.3 Å². The summed E-state index contributed by atoms with van der Waals surface area (Å²) in [6, 6.07) is 19.2. The molecule has 0 aliphatic carbocycles. The van der Waals surface area contributed by atoms with E-state index in [4.69, 9.17) is 9.15 Å². The van der Waals surface area contributed by atoms with E-state index >= 15 is 0 Å². The van der Waals surface area contributed by atoms with Crippen LogP contribution in [0.25, 0.3) is 28.6 Å². The topological polar surface area (TPSA) is 64.4 Å². The second kappa shape index (κ2) is 10.0. The standard InChI is InChI=1S/C27H25BrN2O3/c1-4-17(2)19-7-12-25-23(16-19)30-27(33-25)18-5-10-22(11-6-18)29-26(31)14-8-20-15-21(28)9-13-24(20)32-3/h5-17H,4H2,1-3H3,(H,29,31)/b14-8+. The summed E-state index contributed by atoms with van der Waals surface area (Å²) in [7, 11) is 1.60. The van der Waals surface area contributed by atoms with Crippen LogP contribution in [-0.2, 0) is 4.79 Å². The van der Waals surface area contributed by atoms with Gasteiger partial charge < -0.3 is 14.5 Å². The zero-order valence-corrected chi connectivity index (χ0v) is 20.3. The van der Waals surface area contributed by atoms with E-state index in [0.29, 0.717) is 23.2 Å². The molecule has 5 nitrogen and oxygen atoms in total. The van der Waals surface area contributed by atoms with Crippen LogP contribution in [0.15, 0.2) is 75.6 Å². The lowest BCUT2D eigenvalue weighted by Gasteiger charge is -2.07. The second-order valence-corrected chi connectivity index (χ2v) is 8.76. The number of carbonyl (C=O) groups is 1. The molecule has 1 unspecified atom stereocenters. The molecule has 1 N–H and O–H groups in total. The van der Waals surface area contributed by atoms with E-state index < -0.39 is 0 Å². The third-order valence-corrected chi connectivity index (χ3v) is 6.09. The number of nitrogens with one attached hydrogen (secondary N) is 1. The van der Waals surface area contributed by atoms with Gasteiger partial charge in [-0.05, 0) is 78.6 Å². The maximum Gasteiger partial charge on any atom is 0.248 e. The van der Waals surface area contributed by atoms with Gasteiger partial charge in [0.15, 0.2) is 5.58 Å². The first-order chi connectivity index (χ1) is 16.0. The first-order valence-corrected chi connectivity index (χ1v) is 11.6. The summed E-state index contributed by atoms with van der Waals surface area (Å²) in [6.45, 7) is 4.39. The molecule has 0 aliphatic rings. The smallest absolute Gasteiger partial charge is 0.248 e. The summed E-state index contributed by atoms with van der Waals surface area (Å²) in [4.78, 5) is 17.0. The number of amides is 1. The summed E-state index contributed by atoms with van der Waals surface area (Å²) in [6.07, 6.45) is 4.28. The molecule has 1 amide bonds. The quantitative estimate of drug-likeness (QED) is 0.265. The highest BCUT2D eigenvalue weighted by molar-refractivity contribution is 9.10. The van der Waals surface area contributed by atoms with Gasteiger partial charge in [-0.25, -0.2) is 4.98 Å². The molecule has 1 heterocycles.